The minimum Gasteiger partial charge on any atom is -0.391 e. The zero-order valence-electron chi connectivity index (χ0n) is 16.3. The summed E-state index contributed by atoms with van der Waals surface area (Å²) in [6, 6.07) is 10.1. The van der Waals surface area contributed by atoms with Crippen molar-refractivity contribution < 1.29 is 19.0 Å². The van der Waals surface area contributed by atoms with Gasteiger partial charge in [-0.15, -0.1) is 0 Å². The highest BCUT2D eigenvalue weighted by atomic mass is 16.6. The molecular formula is C21H31NO4. The zero-order chi connectivity index (χ0) is 18.6. The lowest BCUT2D eigenvalue weighted by Crippen LogP contribution is -2.52. The molecule has 1 aromatic rings. The van der Waals surface area contributed by atoms with Crippen molar-refractivity contribution in [3.05, 3.63) is 35.9 Å². The molecule has 0 radical (unpaired) electrons. The number of epoxide rings is 1. The Morgan fingerprint density at radius 2 is 2.08 bits per heavy atom. The van der Waals surface area contributed by atoms with Gasteiger partial charge in [0.05, 0.1) is 36.5 Å². The second-order valence-electron chi connectivity index (χ2n) is 7.46. The van der Waals surface area contributed by atoms with E-state index in [-0.39, 0.29) is 29.8 Å². The minimum atomic E-state index is -0.153. The first kappa shape index (κ1) is 19.3. The van der Waals surface area contributed by atoms with E-state index in [9.17, 15) is 0 Å². The van der Waals surface area contributed by atoms with E-state index in [1.54, 1.807) is 7.11 Å². The largest absolute Gasteiger partial charge is 0.391 e. The van der Waals surface area contributed by atoms with E-state index >= 15 is 0 Å². The van der Waals surface area contributed by atoms with Crippen molar-refractivity contribution >= 4 is 5.71 Å². The molecule has 3 rings (SSSR count). The van der Waals surface area contributed by atoms with E-state index in [2.05, 4.69) is 19.0 Å². The van der Waals surface area contributed by atoms with E-state index in [1.165, 1.54) is 0 Å². The van der Waals surface area contributed by atoms with Crippen molar-refractivity contribution in [2.75, 3.05) is 13.7 Å². The topological polar surface area (TPSA) is 52.6 Å². The first-order chi connectivity index (χ1) is 12.6. The normalized spacial score (nSPS) is 32.5. The van der Waals surface area contributed by atoms with Crippen LogP contribution in [0, 0.1) is 5.92 Å². The van der Waals surface area contributed by atoms with Crippen LogP contribution >= 0.6 is 0 Å². The van der Waals surface area contributed by atoms with Crippen molar-refractivity contribution in [3.63, 3.8) is 0 Å². The van der Waals surface area contributed by atoms with Gasteiger partial charge in [-0.1, -0.05) is 42.4 Å². The van der Waals surface area contributed by atoms with Crippen LogP contribution in [0.5, 0.6) is 0 Å². The average Bonchev–Trinajstić information content (AvgIpc) is 3.43. The number of rotatable bonds is 8. The smallest absolute Gasteiger partial charge is 0.142 e. The second-order valence-corrected chi connectivity index (χ2v) is 7.46. The number of methoxy groups -OCH3 is 1. The third kappa shape index (κ3) is 4.27. The standard InChI is InChI=1S/C21H31NO4/c1-5-15(2)26-18-11-12-21(14-24-21)19(20(18)23-4)16(3)22-25-13-17-9-7-6-8-10-17/h6-10,15,18-20H,5,11-14H2,1-4H3/b22-16+/t15?,18?,19?,20?,21-/m0/s1. The number of ether oxygens (including phenoxy) is 3. The molecule has 0 amide bonds. The SMILES string of the molecule is CCC(C)OC1CC[C@]2(CO2)C(/C(C)=N/OCc2ccccc2)C1OC. The van der Waals surface area contributed by atoms with Crippen LogP contribution < -0.4 is 0 Å². The van der Waals surface area contributed by atoms with Gasteiger partial charge in [0.15, 0.2) is 0 Å². The Morgan fingerprint density at radius 1 is 1.35 bits per heavy atom. The Kier molecular flexibility index (Phi) is 6.33. The van der Waals surface area contributed by atoms with Gasteiger partial charge in [-0.05, 0) is 38.7 Å². The molecule has 5 nitrogen and oxygen atoms in total. The van der Waals surface area contributed by atoms with E-state index in [0.29, 0.717) is 6.61 Å². The van der Waals surface area contributed by atoms with Gasteiger partial charge in [-0.2, -0.15) is 0 Å². The maximum atomic E-state index is 6.24. The Labute approximate surface area is 156 Å². The van der Waals surface area contributed by atoms with Crippen LogP contribution in [0.25, 0.3) is 0 Å². The van der Waals surface area contributed by atoms with Crippen LogP contribution in [-0.2, 0) is 25.7 Å². The summed E-state index contributed by atoms with van der Waals surface area (Å²) in [6.07, 6.45) is 3.14. The third-order valence-corrected chi connectivity index (χ3v) is 5.62. The molecule has 1 aliphatic carbocycles. The first-order valence-electron chi connectivity index (χ1n) is 9.62. The number of oxime groups is 1. The van der Waals surface area contributed by atoms with Gasteiger partial charge in [0.2, 0.25) is 0 Å². The highest BCUT2D eigenvalue weighted by Crippen LogP contribution is 2.48. The van der Waals surface area contributed by atoms with Gasteiger partial charge >= 0.3 is 0 Å². The van der Waals surface area contributed by atoms with Crippen molar-refractivity contribution in [2.24, 2.45) is 11.1 Å². The van der Waals surface area contributed by atoms with Gasteiger partial charge in [0.25, 0.3) is 0 Å². The van der Waals surface area contributed by atoms with Crippen LogP contribution in [0.3, 0.4) is 0 Å². The molecule has 1 saturated carbocycles. The van der Waals surface area contributed by atoms with E-state index < -0.39 is 0 Å². The summed E-state index contributed by atoms with van der Waals surface area (Å²) in [6.45, 7) is 7.49. The molecule has 26 heavy (non-hydrogen) atoms. The van der Waals surface area contributed by atoms with Crippen molar-refractivity contribution in [2.45, 2.75) is 70.6 Å². The molecule has 0 aromatic heterocycles. The van der Waals surface area contributed by atoms with Gasteiger partial charge in [0.1, 0.15) is 12.2 Å². The Morgan fingerprint density at radius 3 is 2.69 bits per heavy atom. The zero-order valence-corrected chi connectivity index (χ0v) is 16.3. The number of benzene rings is 1. The van der Waals surface area contributed by atoms with Crippen molar-refractivity contribution in [1.82, 2.24) is 0 Å². The van der Waals surface area contributed by atoms with E-state index in [0.717, 1.165) is 37.1 Å². The summed E-state index contributed by atoms with van der Waals surface area (Å²) in [4.78, 5) is 5.62. The lowest BCUT2D eigenvalue weighted by Gasteiger charge is -2.41. The highest BCUT2D eigenvalue weighted by molar-refractivity contribution is 5.86. The Bertz CT molecular complexity index is 599. The molecule has 2 aliphatic rings. The van der Waals surface area contributed by atoms with Gasteiger partial charge in [-0.25, -0.2) is 0 Å². The summed E-state index contributed by atoms with van der Waals surface area (Å²) >= 11 is 0. The minimum absolute atomic E-state index is 0.0612. The monoisotopic (exact) mass is 361 g/mol. The Hall–Kier alpha value is -1.43. The predicted octanol–water partition coefficient (Wildman–Crippen LogP) is 3.96. The molecule has 5 atom stereocenters. The highest BCUT2D eigenvalue weighted by Gasteiger charge is 2.60. The quantitative estimate of drug-likeness (QED) is 0.400. The molecule has 0 N–H and O–H groups in total. The van der Waals surface area contributed by atoms with Crippen LogP contribution in [0.4, 0.5) is 0 Å². The molecule has 1 aliphatic heterocycles. The molecule has 4 unspecified atom stereocenters. The molecule has 5 heteroatoms. The Balaban J connectivity index is 1.70. The van der Waals surface area contributed by atoms with Gasteiger partial charge in [-0.3, -0.25) is 0 Å². The fourth-order valence-electron chi connectivity index (χ4n) is 3.92. The van der Waals surface area contributed by atoms with Gasteiger partial charge < -0.3 is 19.0 Å². The summed E-state index contributed by atoms with van der Waals surface area (Å²) in [7, 11) is 1.75. The fraction of sp³-hybridized carbons (Fsp3) is 0.667. The molecule has 144 valence electrons. The molecular weight excluding hydrogens is 330 g/mol. The van der Waals surface area contributed by atoms with Crippen molar-refractivity contribution in [3.8, 4) is 0 Å². The molecule has 1 saturated heterocycles. The van der Waals surface area contributed by atoms with Crippen molar-refractivity contribution in [1.29, 1.82) is 0 Å². The predicted molar refractivity (Wildman–Crippen MR) is 101 cm³/mol. The number of nitrogens with zero attached hydrogens (tertiary/aromatic N) is 1. The average molecular weight is 361 g/mol. The van der Waals surface area contributed by atoms with E-state index in [1.807, 2.05) is 37.3 Å². The lowest BCUT2D eigenvalue weighted by molar-refractivity contribution is -0.128. The first-order valence-corrected chi connectivity index (χ1v) is 9.62. The van der Waals surface area contributed by atoms with Gasteiger partial charge in [0, 0.05) is 7.11 Å². The van der Waals surface area contributed by atoms with Crippen LogP contribution in [0.1, 0.15) is 45.6 Å². The second kappa shape index (κ2) is 8.51. The lowest BCUT2D eigenvalue weighted by atomic mass is 9.73. The number of hydrogen-bond donors (Lipinski definition) is 0. The molecule has 1 heterocycles. The summed E-state index contributed by atoms with van der Waals surface area (Å²) in [5.41, 5.74) is 1.87. The molecule has 2 fully saturated rings. The number of hydrogen-bond acceptors (Lipinski definition) is 5. The summed E-state index contributed by atoms with van der Waals surface area (Å²) in [5.74, 6) is 0.0612. The van der Waals surface area contributed by atoms with Crippen LogP contribution in [0.15, 0.2) is 35.5 Å². The third-order valence-electron chi connectivity index (χ3n) is 5.62. The summed E-state index contributed by atoms with van der Waals surface area (Å²) < 4.78 is 18.0. The summed E-state index contributed by atoms with van der Waals surface area (Å²) in [5, 5.41) is 4.41. The molecule has 0 bridgehead atoms. The molecule has 1 spiro atoms. The van der Waals surface area contributed by atoms with E-state index in [4.69, 9.17) is 19.0 Å². The fourth-order valence-corrected chi connectivity index (χ4v) is 3.92. The maximum absolute atomic E-state index is 6.24. The van der Waals surface area contributed by atoms with Crippen LogP contribution in [-0.4, -0.2) is 43.3 Å². The van der Waals surface area contributed by atoms with Crippen LogP contribution in [0.2, 0.25) is 0 Å². The molecule has 1 aromatic carbocycles. The maximum Gasteiger partial charge on any atom is 0.142 e.